The molecule has 0 unspecified atom stereocenters. The summed E-state index contributed by atoms with van der Waals surface area (Å²) in [5.41, 5.74) is 6.24. The number of aliphatic hydroxyl groups is 1. The molecule has 2 aromatic carbocycles. The fourth-order valence-electron chi connectivity index (χ4n) is 3.64. The Hall–Kier alpha value is -1.62. The first-order chi connectivity index (χ1) is 11.7. The maximum atomic E-state index is 9.14. The van der Waals surface area contributed by atoms with Crippen molar-refractivity contribution in [2.75, 3.05) is 0 Å². The minimum atomic E-state index is 0.102. The zero-order valence-corrected chi connectivity index (χ0v) is 15.1. The van der Waals surface area contributed by atoms with Gasteiger partial charge in [-0.2, -0.15) is 0 Å². The summed E-state index contributed by atoms with van der Waals surface area (Å²) in [6, 6.07) is 15.0. The van der Waals surface area contributed by atoms with Gasteiger partial charge in [0, 0.05) is 33.7 Å². The summed E-state index contributed by atoms with van der Waals surface area (Å²) in [7, 11) is 0. The third-order valence-corrected chi connectivity index (χ3v) is 5.42. The molecule has 3 nitrogen and oxygen atoms in total. The number of nitrogens with one attached hydrogen (secondary N) is 2. The van der Waals surface area contributed by atoms with Crippen molar-refractivity contribution in [2.24, 2.45) is 0 Å². The van der Waals surface area contributed by atoms with Crippen LogP contribution in [0.2, 0.25) is 0 Å². The van der Waals surface area contributed by atoms with Crippen LogP contribution in [0, 0.1) is 0 Å². The van der Waals surface area contributed by atoms with Gasteiger partial charge in [0.25, 0.3) is 0 Å². The lowest BCUT2D eigenvalue weighted by atomic mass is 9.91. The highest BCUT2D eigenvalue weighted by Crippen LogP contribution is 2.35. The number of aryl methyl sites for hydroxylation is 1. The van der Waals surface area contributed by atoms with Crippen LogP contribution in [0.15, 0.2) is 46.9 Å². The van der Waals surface area contributed by atoms with Crippen molar-refractivity contribution in [3.05, 3.63) is 69.3 Å². The van der Waals surface area contributed by atoms with Gasteiger partial charge in [-0.3, -0.25) is 0 Å². The fourth-order valence-corrected chi connectivity index (χ4v) is 4.00. The molecule has 1 aromatic heterocycles. The van der Waals surface area contributed by atoms with Gasteiger partial charge in [-0.05, 0) is 54.2 Å². The second kappa shape index (κ2) is 6.71. The molecule has 1 aliphatic rings. The zero-order chi connectivity index (χ0) is 16.5. The number of hydrogen-bond acceptors (Lipinski definition) is 2. The van der Waals surface area contributed by atoms with Crippen LogP contribution in [-0.2, 0) is 19.6 Å². The molecule has 0 amide bonds. The number of aromatic nitrogens is 1. The number of rotatable bonds is 4. The summed E-state index contributed by atoms with van der Waals surface area (Å²) in [6.45, 7) is 0.944. The number of hydrogen-bond donors (Lipinski definition) is 3. The van der Waals surface area contributed by atoms with Gasteiger partial charge in [0.2, 0.25) is 0 Å². The summed E-state index contributed by atoms with van der Waals surface area (Å²) in [5, 5.41) is 14.2. The van der Waals surface area contributed by atoms with E-state index in [9.17, 15) is 0 Å². The number of halogens is 1. The Kier molecular flexibility index (Phi) is 4.44. The minimum Gasteiger partial charge on any atom is -0.392 e. The van der Waals surface area contributed by atoms with Crippen LogP contribution in [0.3, 0.4) is 0 Å². The molecule has 0 bridgehead atoms. The number of benzene rings is 2. The molecule has 0 saturated carbocycles. The third kappa shape index (κ3) is 3.02. The quantitative estimate of drug-likeness (QED) is 0.615. The summed E-state index contributed by atoms with van der Waals surface area (Å²) in [4.78, 5) is 3.63. The Bertz CT molecular complexity index is 854. The van der Waals surface area contributed by atoms with E-state index in [-0.39, 0.29) is 6.61 Å². The maximum absolute atomic E-state index is 9.14. The van der Waals surface area contributed by atoms with Crippen LogP contribution < -0.4 is 5.32 Å². The second-order valence-corrected chi connectivity index (χ2v) is 7.42. The van der Waals surface area contributed by atoms with Gasteiger partial charge in [0.05, 0.1) is 6.61 Å². The summed E-state index contributed by atoms with van der Waals surface area (Å²) in [6.07, 6.45) is 3.53. The minimum absolute atomic E-state index is 0.102. The summed E-state index contributed by atoms with van der Waals surface area (Å²) < 4.78 is 1.14. The lowest BCUT2D eigenvalue weighted by Gasteiger charge is -2.24. The molecular weight excluding hydrogens is 364 g/mol. The van der Waals surface area contributed by atoms with Crippen molar-refractivity contribution in [1.29, 1.82) is 0 Å². The van der Waals surface area contributed by atoms with Gasteiger partial charge in [0.1, 0.15) is 0 Å². The summed E-state index contributed by atoms with van der Waals surface area (Å²) >= 11 is 3.59. The van der Waals surface area contributed by atoms with E-state index in [0.717, 1.165) is 29.4 Å². The van der Waals surface area contributed by atoms with Gasteiger partial charge in [0.15, 0.2) is 0 Å². The Balaban J connectivity index is 1.56. The molecule has 1 aliphatic carbocycles. The van der Waals surface area contributed by atoms with Gasteiger partial charge in [-0.1, -0.05) is 40.2 Å². The van der Waals surface area contributed by atoms with Crippen LogP contribution >= 0.6 is 15.9 Å². The topological polar surface area (TPSA) is 48.0 Å². The molecule has 124 valence electrons. The Labute approximate surface area is 150 Å². The maximum Gasteiger partial charge on any atom is 0.0681 e. The average Bonchev–Trinajstić information content (AvgIpc) is 2.99. The standard InChI is InChI=1S/C20H21BrN2O/c21-15-8-9-18-17(10-15)16-2-1-3-19(20(16)23-18)22-11-13-4-6-14(12-24)7-5-13/h4-10,19,22-24H,1-3,11-12H2/t19-/m1/s1. The Morgan fingerprint density at radius 2 is 1.92 bits per heavy atom. The molecule has 1 heterocycles. The monoisotopic (exact) mass is 384 g/mol. The SMILES string of the molecule is OCc1ccc(CN[C@@H]2CCCc3c2[nH]c2ccc(Br)cc32)cc1. The second-order valence-electron chi connectivity index (χ2n) is 6.51. The first-order valence-corrected chi connectivity index (χ1v) is 9.26. The number of aliphatic hydroxyl groups excluding tert-OH is 1. The number of fused-ring (bicyclic) bond motifs is 3. The highest BCUT2D eigenvalue weighted by Gasteiger charge is 2.23. The molecule has 24 heavy (non-hydrogen) atoms. The van der Waals surface area contributed by atoms with Gasteiger partial charge >= 0.3 is 0 Å². The molecule has 0 spiro atoms. The predicted octanol–water partition coefficient (Wildman–Crippen LogP) is 4.59. The van der Waals surface area contributed by atoms with E-state index in [0.29, 0.717) is 6.04 Å². The van der Waals surface area contributed by atoms with Crippen LogP contribution in [0.25, 0.3) is 10.9 Å². The molecule has 0 fully saturated rings. The van der Waals surface area contributed by atoms with E-state index in [1.165, 1.54) is 34.1 Å². The van der Waals surface area contributed by atoms with Crippen LogP contribution in [0.5, 0.6) is 0 Å². The Morgan fingerprint density at radius 3 is 2.71 bits per heavy atom. The highest BCUT2D eigenvalue weighted by atomic mass is 79.9. The molecule has 3 N–H and O–H groups in total. The van der Waals surface area contributed by atoms with Crippen molar-refractivity contribution in [3.8, 4) is 0 Å². The lowest BCUT2D eigenvalue weighted by Crippen LogP contribution is -2.24. The van der Waals surface area contributed by atoms with Crippen molar-refractivity contribution in [3.63, 3.8) is 0 Å². The molecular formula is C20H21BrN2O. The van der Waals surface area contributed by atoms with Crippen LogP contribution in [-0.4, -0.2) is 10.1 Å². The van der Waals surface area contributed by atoms with E-state index >= 15 is 0 Å². The van der Waals surface area contributed by atoms with Crippen LogP contribution in [0.1, 0.15) is 41.3 Å². The van der Waals surface area contributed by atoms with Gasteiger partial charge < -0.3 is 15.4 Å². The fraction of sp³-hybridized carbons (Fsp3) is 0.300. The lowest BCUT2D eigenvalue weighted by molar-refractivity contribution is 0.282. The van der Waals surface area contributed by atoms with E-state index < -0.39 is 0 Å². The predicted molar refractivity (Wildman–Crippen MR) is 101 cm³/mol. The van der Waals surface area contributed by atoms with Gasteiger partial charge in [-0.15, -0.1) is 0 Å². The first-order valence-electron chi connectivity index (χ1n) is 8.46. The third-order valence-electron chi connectivity index (χ3n) is 4.93. The molecule has 3 aromatic rings. The smallest absolute Gasteiger partial charge is 0.0681 e. The van der Waals surface area contributed by atoms with E-state index in [1.807, 2.05) is 12.1 Å². The van der Waals surface area contributed by atoms with E-state index in [1.54, 1.807) is 0 Å². The molecule has 1 atom stereocenters. The molecule has 4 rings (SSSR count). The largest absolute Gasteiger partial charge is 0.392 e. The normalized spacial score (nSPS) is 17.2. The highest BCUT2D eigenvalue weighted by molar-refractivity contribution is 9.10. The number of aromatic amines is 1. The first kappa shape index (κ1) is 15.9. The van der Waals surface area contributed by atoms with Crippen molar-refractivity contribution in [2.45, 2.75) is 38.5 Å². The molecule has 4 heteroatoms. The molecule has 0 radical (unpaired) electrons. The average molecular weight is 385 g/mol. The van der Waals surface area contributed by atoms with Crippen LogP contribution in [0.4, 0.5) is 0 Å². The van der Waals surface area contributed by atoms with Crippen molar-refractivity contribution < 1.29 is 5.11 Å². The molecule has 0 saturated heterocycles. The van der Waals surface area contributed by atoms with Crippen molar-refractivity contribution in [1.82, 2.24) is 10.3 Å². The summed E-state index contributed by atoms with van der Waals surface area (Å²) in [5.74, 6) is 0. The van der Waals surface area contributed by atoms with E-state index in [4.69, 9.17) is 5.11 Å². The molecule has 0 aliphatic heterocycles. The zero-order valence-electron chi connectivity index (χ0n) is 13.5. The Morgan fingerprint density at radius 1 is 1.12 bits per heavy atom. The van der Waals surface area contributed by atoms with Gasteiger partial charge in [-0.25, -0.2) is 0 Å². The van der Waals surface area contributed by atoms with E-state index in [2.05, 4.69) is 56.6 Å². The number of H-pyrrole nitrogens is 1. The van der Waals surface area contributed by atoms with Crippen molar-refractivity contribution >= 4 is 26.8 Å².